The molecule has 0 aromatic heterocycles. The molecule has 1 saturated heterocycles. The summed E-state index contributed by atoms with van der Waals surface area (Å²) in [5, 5.41) is 37.7. The average Bonchev–Trinajstić information content (AvgIpc) is 2.42. The second-order valence-electron chi connectivity index (χ2n) is 4.41. The molecule has 0 radical (unpaired) electrons. The summed E-state index contributed by atoms with van der Waals surface area (Å²) in [6.07, 6.45) is -7.11. The van der Waals surface area contributed by atoms with Crippen LogP contribution in [0.1, 0.15) is 12.8 Å². The molecule has 1 heterocycles. The minimum atomic E-state index is -1.54. The van der Waals surface area contributed by atoms with E-state index in [2.05, 4.69) is 10.9 Å². The maximum Gasteiger partial charge on any atom is 0.234 e. The van der Waals surface area contributed by atoms with Gasteiger partial charge in [-0.1, -0.05) is 0 Å². The predicted octanol–water partition coefficient (Wildman–Crippen LogP) is -4.33. The molecule has 1 aliphatic rings. The first-order valence-corrected chi connectivity index (χ1v) is 6.00. The van der Waals surface area contributed by atoms with Crippen LogP contribution in [0.3, 0.4) is 0 Å². The van der Waals surface area contributed by atoms with Crippen molar-refractivity contribution in [3.63, 3.8) is 0 Å². The second-order valence-corrected chi connectivity index (χ2v) is 4.41. The maximum absolute atomic E-state index is 11.3. The zero-order valence-corrected chi connectivity index (χ0v) is 10.6. The fourth-order valence-electron chi connectivity index (χ4n) is 1.67. The Labute approximate surface area is 114 Å². The highest BCUT2D eigenvalue weighted by Crippen LogP contribution is 2.19. The van der Waals surface area contributed by atoms with E-state index in [9.17, 15) is 24.9 Å². The van der Waals surface area contributed by atoms with Gasteiger partial charge < -0.3 is 30.9 Å². The van der Waals surface area contributed by atoms with E-state index < -0.39 is 49.1 Å². The van der Waals surface area contributed by atoms with Crippen molar-refractivity contribution >= 4 is 11.8 Å². The third-order valence-electron chi connectivity index (χ3n) is 2.84. The van der Waals surface area contributed by atoms with Crippen LogP contribution in [0, 0.1) is 0 Å². The summed E-state index contributed by atoms with van der Waals surface area (Å²) in [6, 6.07) is 0. The summed E-state index contributed by atoms with van der Waals surface area (Å²) in [7, 11) is 0. The van der Waals surface area contributed by atoms with Crippen molar-refractivity contribution < 1.29 is 34.8 Å². The molecule has 20 heavy (non-hydrogen) atoms. The first-order valence-electron chi connectivity index (χ1n) is 6.00. The number of aliphatic hydroxyl groups excluding tert-OH is 4. The zero-order chi connectivity index (χ0) is 15.3. The summed E-state index contributed by atoms with van der Waals surface area (Å²) < 4.78 is 5.08. The highest BCUT2D eigenvalue weighted by atomic mass is 16.6. The molecule has 1 fully saturated rings. The molecule has 0 aliphatic carbocycles. The lowest BCUT2D eigenvalue weighted by Crippen LogP contribution is -2.64. The third-order valence-corrected chi connectivity index (χ3v) is 2.84. The molecule has 5 atom stereocenters. The van der Waals surface area contributed by atoms with Crippen LogP contribution in [0.15, 0.2) is 0 Å². The Balaban J connectivity index is 2.46. The Morgan fingerprint density at radius 3 is 2.30 bits per heavy atom. The molecule has 0 aromatic rings. The molecule has 116 valence electrons. The van der Waals surface area contributed by atoms with Crippen LogP contribution >= 0.6 is 0 Å². The molecule has 0 unspecified atom stereocenters. The summed E-state index contributed by atoms with van der Waals surface area (Å²) in [5.41, 5.74) is 9.34. The van der Waals surface area contributed by atoms with Crippen molar-refractivity contribution in [1.82, 2.24) is 10.9 Å². The molecule has 0 spiro atoms. The van der Waals surface area contributed by atoms with Crippen LogP contribution in [-0.4, -0.2) is 69.5 Å². The topological polar surface area (TPSA) is 174 Å². The van der Waals surface area contributed by atoms with E-state index in [1.807, 2.05) is 0 Å². The van der Waals surface area contributed by atoms with E-state index in [-0.39, 0.29) is 12.8 Å². The van der Waals surface area contributed by atoms with E-state index in [1.165, 1.54) is 0 Å². The number of carbonyl (C=O) groups is 2. The number of rotatable bonds is 6. The molecule has 0 bridgehead atoms. The minimum Gasteiger partial charge on any atom is -0.394 e. The number of aliphatic hydroxyl groups is 4. The molecular formula is C10H19N3O7. The molecule has 2 amide bonds. The summed E-state index contributed by atoms with van der Waals surface area (Å²) in [4.78, 5) is 21.8. The van der Waals surface area contributed by atoms with Gasteiger partial charge in [-0.05, 0) is 0 Å². The number of ether oxygens (including phenoxy) is 1. The molecule has 10 heteroatoms. The molecular weight excluding hydrogens is 274 g/mol. The Bertz CT molecular complexity index is 352. The number of amides is 2. The van der Waals surface area contributed by atoms with Gasteiger partial charge in [0.15, 0.2) is 6.23 Å². The Kier molecular flexibility index (Phi) is 6.26. The van der Waals surface area contributed by atoms with Gasteiger partial charge in [-0.15, -0.1) is 0 Å². The van der Waals surface area contributed by atoms with Crippen LogP contribution in [0.25, 0.3) is 0 Å². The van der Waals surface area contributed by atoms with E-state index in [0.29, 0.717) is 0 Å². The third kappa shape index (κ3) is 4.37. The van der Waals surface area contributed by atoms with Crippen LogP contribution in [-0.2, 0) is 14.3 Å². The fourth-order valence-corrected chi connectivity index (χ4v) is 1.67. The van der Waals surface area contributed by atoms with E-state index in [0.717, 1.165) is 0 Å². The van der Waals surface area contributed by atoms with Gasteiger partial charge in [0.25, 0.3) is 0 Å². The first-order chi connectivity index (χ1) is 9.36. The van der Waals surface area contributed by atoms with E-state index >= 15 is 0 Å². The van der Waals surface area contributed by atoms with Crippen LogP contribution in [0.4, 0.5) is 0 Å². The van der Waals surface area contributed by atoms with Crippen molar-refractivity contribution in [1.29, 1.82) is 0 Å². The van der Waals surface area contributed by atoms with Crippen molar-refractivity contribution in [2.75, 3.05) is 6.61 Å². The lowest BCUT2D eigenvalue weighted by molar-refractivity contribution is -0.238. The van der Waals surface area contributed by atoms with Gasteiger partial charge in [0, 0.05) is 12.8 Å². The summed E-state index contributed by atoms with van der Waals surface area (Å²) in [6.45, 7) is -0.571. The number of primary amides is 1. The quantitative estimate of drug-likeness (QED) is 0.240. The van der Waals surface area contributed by atoms with Crippen molar-refractivity contribution in [2.24, 2.45) is 5.73 Å². The summed E-state index contributed by atoms with van der Waals surface area (Å²) in [5.74, 6) is -1.20. The highest BCUT2D eigenvalue weighted by Gasteiger charge is 2.43. The Morgan fingerprint density at radius 2 is 1.75 bits per heavy atom. The van der Waals surface area contributed by atoms with Crippen molar-refractivity contribution in [3.05, 3.63) is 0 Å². The fraction of sp³-hybridized carbons (Fsp3) is 0.800. The Hall–Kier alpha value is -1.30. The Morgan fingerprint density at radius 1 is 1.10 bits per heavy atom. The van der Waals surface area contributed by atoms with Gasteiger partial charge in [0.2, 0.25) is 11.8 Å². The van der Waals surface area contributed by atoms with Crippen LogP contribution in [0.5, 0.6) is 0 Å². The van der Waals surface area contributed by atoms with E-state index in [1.54, 1.807) is 0 Å². The van der Waals surface area contributed by atoms with Crippen molar-refractivity contribution in [3.8, 4) is 0 Å². The van der Waals surface area contributed by atoms with Gasteiger partial charge in [-0.3, -0.25) is 15.0 Å². The molecule has 1 rings (SSSR count). The molecule has 1 aliphatic heterocycles. The monoisotopic (exact) mass is 293 g/mol. The smallest absolute Gasteiger partial charge is 0.234 e. The standard InChI is InChI=1S/C10H19N3O7/c11-5(15)1-2-6(16)12-13-10-9(19)8(18)7(17)4(3-14)20-10/h4,7-10,13-14,17-19H,1-3H2,(H2,11,15)(H,12,16)/t4-,7+,8+,9-,10-/m1/s1. The zero-order valence-electron chi connectivity index (χ0n) is 10.6. The number of nitrogens with one attached hydrogen (secondary N) is 2. The SMILES string of the molecule is NC(=O)CCC(=O)NN[C@@H]1O[C@H](CO)[C@H](O)[C@H](O)[C@H]1O. The average molecular weight is 293 g/mol. The number of hydrogen-bond acceptors (Lipinski definition) is 8. The molecule has 10 nitrogen and oxygen atoms in total. The predicted molar refractivity (Wildman–Crippen MR) is 63.5 cm³/mol. The van der Waals surface area contributed by atoms with Crippen LogP contribution in [0.2, 0.25) is 0 Å². The molecule has 0 saturated carbocycles. The normalized spacial score (nSPS) is 33.7. The maximum atomic E-state index is 11.3. The largest absolute Gasteiger partial charge is 0.394 e. The highest BCUT2D eigenvalue weighted by molar-refractivity contribution is 5.82. The van der Waals surface area contributed by atoms with Gasteiger partial charge >= 0.3 is 0 Å². The lowest BCUT2D eigenvalue weighted by Gasteiger charge is -2.40. The number of nitrogens with two attached hydrogens (primary N) is 1. The molecule has 0 aromatic carbocycles. The van der Waals surface area contributed by atoms with Crippen LogP contribution < -0.4 is 16.6 Å². The van der Waals surface area contributed by atoms with Gasteiger partial charge in [-0.25, -0.2) is 5.43 Å². The van der Waals surface area contributed by atoms with Gasteiger partial charge in [-0.2, -0.15) is 0 Å². The second kappa shape index (κ2) is 7.47. The number of hydrazine groups is 1. The van der Waals surface area contributed by atoms with Gasteiger partial charge in [0.1, 0.15) is 24.4 Å². The van der Waals surface area contributed by atoms with E-state index in [4.69, 9.17) is 15.6 Å². The summed E-state index contributed by atoms with van der Waals surface area (Å²) >= 11 is 0. The lowest BCUT2D eigenvalue weighted by atomic mass is 9.99. The van der Waals surface area contributed by atoms with Gasteiger partial charge in [0.05, 0.1) is 6.61 Å². The van der Waals surface area contributed by atoms with Crippen molar-refractivity contribution in [2.45, 2.75) is 43.5 Å². The number of hydrogen-bond donors (Lipinski definition) is 7. The minimum absolute atomic E-state index is 0.137. The number of carbonyl (C=O) groups excluding carboxylic acids is 2. The molecule has 8 N–H and O–H groups in total. The first kappa shape index (κ1) is 16.8.